The molecule has 0 spiro atoms. The Morgan fingerprint density at radius 3 is 2.47 bits per heavy atom. The molecule has 1 aliphatic rings. The first kappa shape index (κ1) is 14.0. The van der Waals surface area contributed by atoms with Crippen LogP contribution in [-0.2, 0) is 4.79 Å². The molecule has 1 fully saturated rings. The SMILES string of the molecule is CCC(C#N)C(=O)N(C)C1CCN(CC)CC1. The molecule has 0 aromatic carbocycles. The Balaban J connectivity index is 2.51. The number of likely N-dealkylation sites (tertiary alicyclic amines) is 1. The highest BCUT2D eigenvalue weighted by molar-refractivity contribution is 5.81. The summed E-state index contributed by atoms with van der Waals surface area (Å²) in [7, 11) is 1.84. The van der Waals surface area contributed by atoms with Gasteiger partial charge in [0.05, 0.1) is 6.07 Å². The van der Waals surface area contributed by atoms with Crippen molar-refractivity contribution in [2.45, 2.75) is 39.2 Å². The highest BCUT2D eigenvalue weighted by Crippen LogP contribution is 2.17. The standard InChI is InChI=1S/C13H23N3O/c1-4-11(10-14)13(17)15(3)12-6-8-16(5-2)9-7-12/h11-12H,4-9H2,1-3H3. The Bertz CT molecular complexity index is 290. The molecular weight excluding hydrogens is 214 g/mol. The van der Waals surface area contributed by atoms with Gasteiger partial charge in [0.15, 0.2) is 0 Å². The van der Waals surface area contributed by atoms with E-state index in [-0.39, 0.29) is 5.91 Å². The molecule has 0 aromatic rings. The molecule has 0 bridgehead atoms. The highest BCUT2D eigenvalue weighted by Gasteiger charge is 2.28. The van der Waals surface area contributed by atoms with E-state index < -0.39 is 5.92 Å². The van der Waals surface area contributed by atoms with Crippen molar-refractivity contribution in [3.05, 3.63) is 0 Å². The molecule has 0 saturated carbocycles. The summed E-state index contributed by atoms with van der Waals surface area (Å²) in [5.41, 5.74) is 0. The summed E-state index contributed by atoms with van der Waals surface area (Å²) < 4.78 is 0. The molecule has 96 valence electrons. The normalized spacial score (nSPS) is 19.6. The fourth-order valence-corrected chi connectivity index (χ4v) is 2.37. The van der Waals surface area contributed by atoms with E-state index in [9.17, 15) is 4.79 Å². The van der Waals surface area contributed by atoms with Crippen LogP contribution in [0.2, 0.25) is 0 Å². The lowest BCUT2D eigenvalue weighted by atomic mass is 10.0. The number of nitrogens with zero attached hydrogens (tertiary/aromatic N) is 3. The smallest absolute Gasteiger partial charge is 0.239 e. The monoisotopic (exact) mass is 237 g/mol. The minimum absolute atomic E-state index is 0.00931. The van der Waals surface area contributed by atoms with Crippen LogP contribution >= 0.6 is 0 Å². The van der Waals surface area contributed by atoms with Crippen LogP contribution in [0.3, 0.4) is 0 Å². The lowest BCUT2D eigenvalue weighted by molar-refractivity contribution is -0.135. The van der Waals surface area contributed by atoms with Gasteiger partial charge in [0.2, 0.25) is 5.91 Å². The first-order chi connectivity index (χ1) is 8.13. The topological polar surface area (TPSA) is 47.3 Å². The van der Waals surface area contributed by atoms with Gasteiger partial charge in [-0.1, -0.05) is 13.8 Å². The lowest BCUT2D eigenvalue weighted by Crippen LogP contribution is -2.47. The van der Waals surface area contributed by atoms with Gasteiger partial charge < -0.3 is 9.80 Å². The van der Waals surface area contributed by atoms with E-state index in [0.717, 1.165) is 32.5 Å². The van der Waals surface area contributed by atoms with Crippen molar-refractivity contribution in [3.8, 4) is 6.07 Å². The van der Waals surface area contributed by atoms with E-state index in [2.05, 4.69) is 17.9 Å². The number of hydrogen-bond donors (Lipinski definition) is 0. The minimum atomic E-state index is -0.468. The summed E-state index contributed by atoms with van der Waals surface area (Å²) in [5.74, 6) is -0.478. The number of rotatable bonds is 4. The highest BCUT2D eigenvalue weighted by atomic mass is 16.2. The van der Waals surface area contributed by atoms with Crippen LogP contribution in [0, 0.1) is 17.2 Å². The fourth-order valence-electron chi connectivity index (χ4n) is 2.37. The molecule has 0 aliphatic carbocycles. The predicted octanol–water partition coefficient (Wildman–Crippen LogP) is 1.48. The second-order valence-corrected chi connectivity index (χ2v) is 4.70. The predicted molar refractivity (Wildman–Crippen MR) is 67.3 cm³/mol. The van der Waals surface area contributed by atoms with Crippen molar-refractivity contribution in [3.63, 3.8) is 0 Å². The second kappa shape index (κ2) is 6.61. The molecule has 1 aliphatic heterocycles. The molecule has 1 heterocycles. The third kappa shape index (κ3) is 3.44. The summed E-state index contributed by atoms with van der Waals surface area (Å²) >= 11 is 0. The van der Waals surface area contributed by atoms with Crippen molar-refractivity contribution in [1.29, 1.82) is 5.26 Å². The number of piperidine rings is 1. The Morgan fingerprint density at radius 2 is 2.06 bits per heavy atom. The third-order valence-corrected chi connectivity index (χ3v) is 3.76. The van der Waals surface area contributed by atoms with Crippen LogP contribution < -0.4 is 0 Å². The van der Waals surface area contributed by atoms with Gasteiger partial charge in [-0.2, -0.15) is 5.26 Å². The van der Waals surface area contributed by atoms with E-state index in [1.807, 2.05) is 14.0 Å². The van der Waals surface area contributed by atoms with Crippen LogP contribution in [0.25, 0.3) is 0 Å². The summed E-state index contributed by atoms with van der Waals surface area (Å²) in [6, 6.07) is 2.40. The molecule has 0 N–H and O–H groups in total. The van der Waals surface area contributed by atoms with Gasteiger partial charge in [0, 0.05) is 26.2 Å². The third-order valence-electron chi connectivity index (χ3n) is 3.76. The number of carbonyl (C=O) groups is 1. The van der Waals surface area contributed by atoms with Crippen molar-refractivity contribution in [1.82, 2.24) is 9.80 Å². The Labute approximate surface area is 104 Å². The zero-order chi connectivity index (χ0) is 12.8. The Kier molecular flexibility index (Phi) is 5.43. The van der Waals surface area contributed by atoms with Crippen LogP contribution in [-0.4, -0.2) is 48.4 Å². The van der Waals surface area contributed by atoms with E-state index >= 15 is 0 Å². The maximum atomic E-state index is 12.0. The summed E-state index contributed by atoms with van der Waals surface area (Å²) in [4.78, 5) is 16.2. The van der Waals surface area contributed by atoms with Crippen molar-refractivity contribution < 1.29 is 4.79 Å². The summed E-state index contributed by atoms with van der Waals surface area (Å²) in [5, 5.41) is 8.92. The van der Waals surface area contributed by atoms with Gasteiger partial charge in [0.25, 0.3) is 0 Å². The van der Waals surface area contributed by atoms with Gasteiger partial charge >= 0.3 is 0 Å². The summed E-state index contributed by atoms with van der Waals surface area (Å²) in [6.07, 6.45) is 2.66. The van der Waals surface area contributed by atoms with Gasteiger partial charge in [0.1, 0.15) is 5.92 Å². The molecule has 1 atom stereocenters. The summed E-state index contributed by atoms with van der Waals surface area (Å²) in [6.45, 7) is 7.25. The molecule has 17 heavy (non-hydrogen) atoms. The maximum Gasteiger partial charge on any atom is 0.239 e. The molecule has 4 nitrogen and oxygen atoms in total. The maximum absolute atomic E-state index is 12.0. The largest absolute Gasteiger partial charge is 0.342 e. The molecule has 1 rings (SSSR count). The molecule has 1 unspecified atom stereocenters. The number of hydrogen-bond acceptors (Lipinski definition) is 3. The average molecular weight is 237 g/mol. The fraction of sp³-hybridized carbons (Fsp3) is 0.846. The van der Waals surface area contributed by atoms with E-state index in [1.165, 1.54) is 0 Å². The molecule has 0 radical (unpaired) electrons. The first-order valence-electron chi connectivity index (χ1n) is 6.52. The molecule has 0 aromatic heterocycles. The molecular formula is C13H23N3O. The van der Waals surface area contributed by atoms with Gasteiger partial charge in [-0.05, 0) is 25.8 Å². The van der Waals surface area contributed by atoms with Gasteiger partial charge in [-0.3, -0.25) is 4.79 Å². The minimum Gasteiger partial charge on any atom is -0.342 e. The van der Waals surface area contributed by atoms with E-state index in [0.29, 0.717) is 12.5 Å². The van der Waals surface area contributed by atoms with E-state index in [1.54, 1.807) is 4.90 Å². The average Bonchev–Trinajstić information content (AvgIpc) is 2.39. The van der Waals surface area contributed by atoms with Crippen LogP contribution in [0.1, 0.15) is 33.1 Å². The Hall–Kier alpha value is -1.08. The number of amides is 1. The van der Waals surface area contributed by atoms with Crippen LogP contribution in [0.5, 0.6) is 0 Å². The van der Waals surface area contributed by atoms with E-state index in [4.69, 9.17) is 5.26 Å². The van der Waals surface area contributed by atoms with Crippen molar-refractivity contribution in [2.24, 2.45) is 5.92 Å². The first-order valence-corrected chi connectivity index (χ1v) is 6.52. The van der Waals surface area contributed by atoms with Crippen molar-refractivity contribution >= 4 is 5.91 Å². The molecule has 4 heteroatoms. The van der Waals surface area contributed by atoms with Crippen LogP contribution in [0.4, 0.5) is 0 Å². The molecule has 1 amide bonds. The molecule has 1 saturated heterocycles. The Morgan fingerprint density at radius 1 is 1.47 bits per heavy atom. The second-order valence-electron chi connectivity index (χ2n) is 4.70. The lowest BCUT2D eigenvalue weighted by Gasteiger charge is -2.36. The van der Waals surface area contributed by atoms with Crippen molar-refractivity contribution in [2.75, 3.05) is 26.7 Å². The van der Waals surface area contributed by atoms with Gasteiger partial charge in [-0.15, -0.1) is 0 Å². The van der Waals surface area contributed by atoms with Gasteiger partial charge in [-0.25, -0.2) is 0 Å². The number of nitriles is 1. The quantitative estimate of drug-likeness (QED) is 0.744. The number of carbonyl (C=O) groups excluding carboxylic acids is 1. The van der Waals surface area contributed by atoms with Crippen LogP contribution in [0.15, 0.2) is 0 Å². The zero-order valence-corrected chi connectivity index (χ0v) is 11.1. The zero-order valence-electron chi connectivity index (χ0n) is 11.1.